The molecule has 16 heteroatoms. The van der Waals surface area contributed by atoms with Crippen molar-refractivity contribution < 1.29 is 28.7 Å². The van der Waals surface area contributed by atoms with Gasteiger partial charge < -0.3 is 25.2 Å². The first-order chi connectivity index (χ1) is 35.1. The summed E-state index contributed by atoms with van der Waals surface area (Å²) >= 11 is 0. The van der Waals surface area contributed by atoms with Crippen molar-refractivity contribution in [3.8, 4) is 29.0 Å². The minimum Gasteiger partial charge on any atom is -0.489 e. The molecule has 368 valence electrons. The maximum atomic E-state index is 13.7. The minimum atomic E-state index is -0.984. The van der Waals surface area contributed by atoms with E-state index in [4.69, 9.17) is 14.7 Å². The highest BCUT2D eigenvalue weighted by Crippen LogP contribution is 2.33. The average molecular weight is 967 g/mol. The highest BCUT2D eigenvalue weighted by molar-refractivity contribution is 6.25. The molecule has 3 aromatic carbocycles. The lowest BCUT2D eigenvalue weighted by Gasteiger charge is -2.33. The van der Waals surface area contributed by atoms with Gasteiger partial charge in [-0.3, -0.25) is 44.1 Å². The second-order valence-electron chi connectivity index (χ2n) is 18.2. The summed E-state index contributed by atoms with van der Waals surface area (Å²) < 4.78 is 6.09. The van der Waals surface area contributed by atoms with E-state index in [-0.39, 0.29) is 29.9 Å². The number of nitrogens with zero attached hydrogens (tertiary/aromatic N) is 7. The fourth-order valence-corrected chi connectivity index (χ4v) is 9.56. The van der Waals surface area contributed by atoms with Crippen molar-refractivity contribution in [2.45, 2.75) is 57.7 Å². The van der Waals surface area contributed by atoms with E-state index in [1.807, 2.05) is 66.5 Å². The molecule has 0 radical (unpaired) electrons. The molecule has 5 aromatic rings. The Morgan fingerprint density at radius 3 is 2.43 bits per heavy atom. The first-order valence-corrected chi connectivity index (χ1v) is 24.6. The number of carbonyl (C=O) groups is 5. The number of nitrogens with one attached hydrogen (secondary N) is 3. The average Bonchev–Trinajstić information content (AvgIpc) is 3.67. The summed E-state index contributed by atoms with van der Waals surface area (Å²) in [5.74, 6) is 6.58. The lowest BCUT2D eigenvalue weighted by molar-refractivity contribution is -0.136. The number of imide groups is 2. The molecule has 2 aromatic heterocycles. The lowest BCUT2D eigenvalue weighted by Crippen LogP contribution is -2.54. The van der Waals surface area contributed by atoms with Crippen molar-refractivity contribution in [2.75, 3.05) is 70.0 Å². The summed E-state index contributed by atoms with van der Waals surface area (Å²) in [6.45, 7) is 15.3. The number of benzene rings is 3. The SMILES string of the molecule is C=Cc1cc(-c2nc3c(c(NC)n2)CCN(C(=O)c2ccc(COc4ccc(C#CCN5CCN(CCCCCNc6cccc7c6C(=O)N(C6CCC(=O)NC6=O)C7=O)CC5)cc4)cc2)C3)cnc1C=C. The van der Waals surface area contributed by atoms with Gasteiger partial charge in [0.15, 0.2) is 5.82 Å². The van der Waals surface area contributed by atoms with E-state index in [0.29, 0.717) is 56.3 Å². The number of unbranched alkanes of at least 4 members (excludes halogenated alkanes) is 2. The van der Waals surface area contributed by atoms with E-state index in [0.717, 1.165) is 108 Å². The van der Waals surface area contributed by atoms with E-state index in [9.17, 15) is 24.0 Å². The molecule has 3 N–H and O–H groups in total. The van der Waals surface area contributed by atoms with Crippen molar-refractivity contribution in [3.63, 3.8) is 0 Å². The van der Waals surface area contributed by atoms with Gasteiger partial charge in [0.25, 0.3) is 17.7 Å². The predicted octanol–water partition coefficient (Wildman–Crippen LogP) is 6.30. The number of hydrogen-bond acceptors (Lipinski definition) is 13. The lowest BCUT2D eigenvalue weighted by atomic mass is 10.0. The van der Waals surface area contributed by atoms with Crippen LogP contribution in [0.3, 0.4) is 0 Å². The molecule has 2 fully saturated rings. The van der Waals surface area contributed by atoms with E-state index in [1.165, 1.54) is 0 Å². The molecule has 4 aliphatic rings. The Morgan fingerprint density at radius 2 is 1.68 bits per heavy atom. The van der Waals surface area contributed by atoms with Crippen LogP contribution in [0.15, 0.2) is 92.2 Å². The van der Waals surface area contributed by atoms with Gasteiger partial charge in [-0.05, 0) is 98.5 Å². The van der Waals surface area contributed by atoms with Gasteiger partial charge in [-0.1, -0.05) is 55.7 Å². The van der Waals surface area contributed by atoms with E-state index >= 15 is 0 Å². The third-order valence-corrected chi connectivity index (χ3v) is 13.6. The maximum absolute atomic E-state index is 13.7. The summed E-state index contributed by atoms with van der Waals surface area (Å²) in [5.41, 5.74) is 7.79. The normalized spacial score (nSPS) is 16.8. The van der Waals surface area contributed by atoms with Crippen molar-refractivity contribution in [3.05, 3.63) is 142 Å². The van der Waals surface area contributed by atoms with Crippen LogP contribution >= 0.6 is 0 Å². The number of ether oxygens (including phenoxy) is 1. The van der Waals surface area contributed by atoms with Gasteiger partial charge in [-0.25, -0.2) is 9.97 Å². The summed E-state index contributed by atoms with van der Waals surface area (Å²) in [7, 11) is 1.84. The summed E-state index contributed by atoms with van der Waals surface area (Å²) in [5, 5.41) is 8.80. The highest BCUT2D eigenvalue weighted by atomic mass is 16.5. The van der Waals surface area contributed by atoms with Crippen molar-refractivity contribution >= 4 is 53.2 Å². The second-order valence-corrected chi connectivity index (χ2v) is 18.2. The fourth-order valence-electron chi connectivity index (χ4n) is 9.56. The molecule has 16 nitrogen and oxygen atoms in total. The third kappa shape index (κ3) is 11.0. The molecular weight excluding hydrogens is 909 g/mol. The Bertz CT molecular complexity index is 2970. The van der Waals surface area contributed by atoms with Gasteiger partial charge in [0.1, 0.15) is 24.2 Å². The zero-order valence-corrected chi connectivity index (χ0v) is 40.5. The molecule has 0 bridgehead atoms. The topological polar surface area (TPSA) is 182 Å². The number of piperazine rings is 1. The summed E-state index contributed by atoms with van der Waals surface area (Å²) in [6, 6.07) is 21.5. The number of anilines is 2. The van der Waals surface area contributed by atoms with Crippen LogP contribution in [-0.2, 0) is 29.2 Å². The minimum absolute atomic E-state index is 0.0569. The quantitative estimate of drug-likeness (QED) is 0.0538. The Morgan fingerprint density at radius 1 is 0.889 bits per heavy atom. The van der Waals surface area contributed by atoms with Crippen LogP contribution < -0.4 is 20.7 Å². The number of hydrogen-bond donors (Lipinski definition) is 3. The van der Waals surface area contributed by atoms with Gasteiger partial charge in [-0.15, -0.1) is 0 Å². The van der Waals surface area contributed by atoms with Gasteiger partial charge >= 0.3 is 0 Å². The smallest absolute Gasteiger partial charge is 0.264 e. The molecule has 2 saturated heterocycles. The molecule has 6 heterocycles. The monoisotopic (exact) mass is 966 g/mol. The Kier molecular flexibility index (Phi) is 15.2. The highest BCUT2D eigenvalue weighted by Gasteiger charge is 2.45. The molecule has 4 aliphatic heterocycles. The van der Waals surface area contributed by atoms with Crippen LogP contribution in [0.25, 0.3) is 23.5 Å². The number of amides is 5. The van der Waals surface area contributed by atoms with Crippen LogP contribution in [0.4, 0.5) is 11.5 Å². The van der Waals surface area contributed by atoms with Gasteiger partial charge in [0.05, 0.1) is 35.6 Å². The number of carbonyl (C=O) groups excluding carboxylic acids is 5. The van der Waals surface area contributed by atoms with Crippen LogP contribution in [0.2, 0.25) is 0 Å². The molecule has 9 rings (SSSR count). The zero-order chi connectivity index (χ0) is 50.1. The maximum Gasteiger partial charge on any atom is 0.264 e. The molecule has 0 spiro atoms. The number of fused-ring (bicyclic) bond motifs is 2. The molecular formula is C56H58N10O6. The first-order valence-electron chi connectivity index (χ1n) is 24.6. The number of aromatic nitrogens is 3. The van der Waals surface area contributed by atoms with Crippen LogP contribution in [0.1, 0.15) is 96.8 Å². The Labute approximate surface area is 419 Å². The van der Waals surface area contributed by atoms with Crippen molar-refractivity contribution in [1.29, 1.82) is 0 Å². The molecule has 72 heavy (non-hydrogen) atoms. The molecule has 1 unspecified atom stereocenters. The zero-order valence-electron chi connectivity index (χ0n) is 40.5. The summed E-state index contributed by atoms with van der Waals surface area (Å²) in [6.07, 6.45) is 8.98. The van der Waals surface area contributed by atoms with Gasteiger partial charge in [0.2, 0.25) is 11.8 Å². The van der Waals surface area contributed by atoms with Crippen molar-refractivity contribution in [2.24, 2.45) is 0 Å². The second kappa shape index (κ2) is 22.4. The third-order valence-electron chi connectivity index (χ3n) is 13.6. The molecule has 1 atom stereocenters. The number of piperidine rings is 1. The molecule has 5 amide bonds. The number of pyridine rings is 1. The summed E-state index contributed by atoms with van der Waals surface area (Å²) in [4.78, 5) is 86.2. The standard InChI is InChI=1S/C56H58N10O6/c1-4-39-33-41(34-59-45(39)5-2)51-60-47-35-65(28-24-43(47)52(57-3)62-51)54(69)40-18-14-38(15-19-40)36-72-42-20-16-37(17-21-42)11-10-27-64-31-29-63(30-32-64)26-8-6-7-25-58-46-13-9-12-44-50(46)56(71)66(55(44)70)48-22-23-49(67)61-53(48)68/h4-5,9,12-21,33-34,48,58H,1-2,6-8,22-32,35-36H2,3H3,(H,57,60,62)(H,61,67,68). The molecule has 0 aliphatic carbocycles. The van der Waals surface area contributed by atoms with Gasteiger partial charge in [0, 0.05) is 92.4 Å². The largest absolute Gasteiger partial charge is 0.489 e. The number of rotatable bonds is 17. The van der Waals surface area contributed by atoms with E-state index < -0.39 is 29.7 Å². The van der Waals surface area contributed by atoms with E-state index in [1.54, 1.807) is 36.5 Å². The fraction of sp³-hybridized carbons (Fsp3) is 0.321. The van der Waals surface area contributed by atoms with Crippen LogP contribution in [-0.4, -0.2) is 130 Å². The Hall–Kier alpha value is -8.00. The van der Waals surface area contributed by atoms with Crippen LogP contribution in [0.5, 0.6) is 5.75 Å². The van der Waals surface area contributed by atoms with E-state index in [2.05, 4.69) is 55.7 Å². The first kappa shape index (κ1) is 49.0. The Balaban J connectivity index is 0.666. The van der Waals surface area contributed by atoms with Gasteiger partial charge in [-0.2, -0.15) is 0 Å². The van der Waals surface area contributed by atoms with Crippen LogP contribution in [0, 0.1) is 11.8 Å². The predicted molar refractivity (Wildman–Crippen MR) is 276 cm³/mol. The van der Waals surface area contributed by atoms with Crippen molar-refractivity contribution in [1.82, 2.24) is 39.9 Å². The molecule has 0 saturated carbocycles.